The lowest BCUT2D eigenvalue weighted by Gasteiger charge is -2.24. The third-order valence-electron chi connectivity index (χ3n) is 3.37. The molecule has 0 heterocycles. The third kappa shape index (κ3) is 5.67. The third-order valence-corrected chi connectivity index (χ3v) is 3.89. The summed E-state index contributed by atoms with van der Waals surface area (Å²) in [6.07, 6.45) is 0. The average Bonchev–Trinajstić information content (AvgIpc) is 2.56. The Hall–Kier alpha value is -2.66. The molecule has 0 spiro atoms. The Bertz CT molecular complexity index is 936. The van der Waals surface area contributed by atoms with Gasteiger partial charge in [-0.25, -0.2) is 5.84 Å². The predicted octanol–water partition coefficient (Wildman–Crippen LogP) is 4.26. The van der Waals surface area contributed by atoms with Gasteiger partial charge in [-0.3, -0.25) is 9.80 Å². The summed E-state index contributed by atoms with van der Waals surface area (Å²) in [6.45, 7) is 5.05. The number of carbonyl (C=O) groups excluding carboxylic acids is 1. The van der Waals surface area contributed by atoms with Gasteiger partial charge >= 0.3 is 5.97 Å². The van der Waals surface area contributed by atoms with Gasteiger partial charge in [-0.15, -0.1) is 0 Å². The van der Waals surface area contributed by atoms with Crippen LogP contribution >= 0.6 is 23.2 Å². The zero-order chi connectivity index (χ0) is 21.1. The Morgan fingerprint density at radius 3 is 2.54 bits per heavy atom. The van der Waals surface area contributed by atoms with Gasteiger partial charge in [0.25, 0.3) is 0 Å². The number of hydrazine groups is 1. The zero-order valence-corrected chi connectivity index (χ0v) is 17.1. The van der Waals surface area contributed by atoms with Crippen LogP contribution < -0.4 is 21.3 Å². The Labute approximate surface area is 173 Å². The summed E-state index contributed by atoms with van der Waals surface area (Å²) in [5.41, 5.74) is 6.29. The SMILES string of the molecule is CC(C)(C)OC(=O)CN(N)c1ccc(Cl)c(Oc2cc(Cl)cc(C#N)c2)c1N. The topological polar surface area (TPSA) is 115 Å². The van der Waals surface area contributed by atoms with Gasteiger partial charge in [-0.2, -0.15) is 5.26 Å². The number of hydrogen-bond donors (Lipinski definition) is 2. The van der Waals surface area contributed by atoms with Crippen molar-refractivity contribution in [2.45, 2.75) is 26.4 Å². The van der Waals surface area contributed by atoms with E-state index < -0.39 is 11.6 Å². The standard InChI is InChI=1S/C19H20Cl2N4O3/c1-19(2,3)28-16(26)10-25(24)15-5-4-14(21)18(17(15)23)27-13-7-11(9-22)6-12(20)8-13/h4-8H,10,23-24H2,1-3H3. The van der Waals surface area contributed by atoms with Crippen LogP contribution in [-0.2, 0) is 9.53 Å². The smallest absolute Gasteiger partial charge is 0.327 e. The van der Waals surface area contributed by atoms with Gasteiger partial charge in [-0.05, 0) is 51.1 Å². The van der Waals surface area contributed by atoms with Gasteiger partial charge in [0, 0.05) is 5.02 Å². The van der Waals surface area contributed by atoms with E-state index in [0.717, 1.165) is 5.01 Å². The molecule has 2 aromatic carbocycles. The average molecular weight is 423 g/mol. The van der Waals surface area contributed by atoms with Gasteiger partial charge in [-0.1, -0.05) is 23.2 Å². The van der Waals surface area contributed by atoms with Gasteiger partial charge < -0.3 is 15.2 Å². The van der Waals surface area contributed by atoms with Crippen molar-refractivity contribution in [3.8, 4) is 17.6 Å². The first kappa shape index (κ1) is 21.6. The van der Waals surface area contributed by atoms with Crippen molar-refractivity contribution in [2.75, 3.05) is 17.3 Å². The second-order valence-electron chi connectivity index (χ2n) is 6.91. The van der Waals surface area contributed by atoms with Gasteiger partial charge in [0.1, 0.15) is 23.6 Å². The van der Waals surface area contributed by atoms with Crippen molar-refractivity contribution in [3.05, 3.63) is 45.9 Å². The van der Waals surface area contributed by atoms with Crippen molar-refractivity contribution >= 4 is 40.5 Å². The molecule has 7 nitrogen and oxygen atoms in total. The highest BCUT2D eigenvalue weighted by Crippen LogP contribution is 2.41. The lowest BCUT2D eigenvalue weighted by molar-refractivity contribution is -0.153. The van der Waals surface area contributed by atoms with Crippen LogP contribution in [0.3, 0.4) is 0 Å². The molecule has 0 bridgehead atoms. The second-order valence-corrected chi connectivity index (χ2v) is 7.76. The summed E-state index contributed by atoms with van der Waals surface area (Å²) >= 11 is 12.2. The maximum atomic E-state index is 12.0. The van der Waals surface area contributed by atoms with Crippen LogP contribution in [0, 0.1) is 11.3 Å². The van der Waals surface area contributed by atoms with Crippen LogP contribution in [0.25, 0.3) is 0 Å². The number of halogens is 2. The predicted molar refractivity (Wildman–Crippen MR) is 109 cm³/mol. The van der Waals surface area contributed by atoms with Crippen molar-refractivity contribution in [1.82, 2.24) is 0 Å². The molecular weight excluding hydrogens is 403 g/mol. The molecule has 28 heavy (non-hydrogen) atoms. The normalized spacial score (nSPS) is 10.9. The zero-order valence-electron chi connectivity index (χ0n) is 15.6. The molecule has 0 amide bonds. The lowest BCUT2D eigenvalue weighted by atomic mass is 10.2. The maximum absolute atomic E-state index is 12.0. The first-order chi connectivity index (χ1) is 13.0. The number of nitrogen functional groups attached to an aromatic ring is 1. The molecule has 0 aliphatic heterocycles. The molecule has 2 aromatic rings. The van der Waals surface area contributed by atoms with E-state index in [1.807, 2.05) is 6.07 Å². The summed E-state index contributed by atoms with van der Waals surface area (Å²) in [4.78, 5) is 12.0. The van der Waals surface area contributed by atoms with Crippen molar-refractivity contribution in [3.63, 3.8) is 0 Å². The molecule has 4 N–H and O–H groups in total. The minimum Gasteiger partial charge on any atom is -0.459 e. The van der Waals surface area contributed by atoms with E-state index in [-0.39, 0.29) is 28.8 Å². The van der Waals surface area contributed by atoms with E-state index in [1.165, 1.54) is 24.3 Å². The first-order valence-electron chi connectivity index (χ1n) is 8.21. The molecule has 0 aromatic heterocycles. The highest BCUT2D eigenvalue weighted by Gasteiger charge is 2.21. The van der Waals surface area contributed by atoms with Crippen LogP contribution in [0.2, 0.25) is 10.0 Å². The molecule has 0 aliphatic rings. The minimum absolute atomic E-state index is 0.122. The Morgan fingerprint density at radius 2 is 1.93 bits per heavy atom. The fraction of sp³-hybridized carbons (Fsp3) is 0.263. The van der Waals surface area contributed by atoms with Gasteiger partial charge in [0.05, 0.1) is 22.3 Å². The fourth-order valence-electron chi connectivity index (χ4n) is 2.32. The number of carbonyl (C=O) groups is 1. The second kappa shape index (κ2) is 8.57. The van der Waals surface area contributed by atoms with Gasteiger partial charge in [0.15, 0.2) is 5.75 Å². The van der Waals surface area contributed by atoms with Crippen molar-refractivity contribution in [1.29, 1.82) is 5.26 Å². The Balaban J connectivity index is 2.30. The van der Waals surface area contributed by atoms with Crippen LogP contribution in [0.1, 0.15) is 26.3 Å². The quantitative estimate of drug-likeness (QED) is 0.320. The van der Waals surface area contributed by atoms with E-state index >= 15 is 0 Å². The molecule has 0 aliphatic carbocycles. The number of ether oxygens (including phenoxy) is 2. The summed E-state index contributed by atoms with van der Waals surface area (Å²) in [5, 5.41) is 10.8. The number of nitriles is 1. The maximum Gasteiger partial charge on any atom is 0.327 e. The summed E-state index contributed by atoms with van der Waals surface area (Å²) in [7, 11) is 0. The van der Waals surface area contributed by atoms with Crippen LogP contribution in [0.5, 0.6) is 11.5 Å². The fourth-order valence-corrected chi connectivity index (χ4v) is 2.75. The van der Waals surface area contributed by atoms with Crippen LogP contribution in [0.15, 0.2) is 30.3 Å². The van der Waals surface area contributed by atoms with E-state index in [4.69, 9.17) is 49.5 Å². The van der Waals surface area contributed by atoms with Crippen LogP contribution in [-0.4, -0.2) is 18.1 Å². The highest BCUT2D eigenvalue weighted by molar-refractivity contribution is 6.33. The molecule has 2 rings (SSSR count). The molecule has 0 saturated heterocycles. The minimum atomic E-state index is -0.636. The van der Waals surface area contributed by atoms with Gasteiger partial charge in [0.2, 0.25) is 0 Å². The van der Waals surface area contributed by atoms with E-state index in [9.17, 15) is 4.79 Å². The van der Waals surface area contributed by atoms with E-state index in [1.54, 1.807) is 26.8 Å². The molecule has 0 unspecified atom stereocenters. The summed E-state index contributed by atoms with van der Waals surface area (Å²) in [6, 6.07) is 9.60. The number of benzene rings is 2. The number of anilines is 2. The lowest BCUT2D eigenvalue weighted by Crippen LogP contribution is -2.39. The summed E-state index contributed by atoms with van der Waals surface area (Å²) < 4.78 is 11.0. The van der Waals surface area contributed by atoms with Crippen molar-refractivity contribution < 1.29 is 14.3 Å². The summed E-state index contributed by atoms with van der Waals surface area (Å²) in [5.74, 6) is 5.89. The largest absolute Gasteiger partial charge is 0.459 e. The molecule has 0 saturated carbocycles. The van der Waals surface area contributed by atoms with E-state index in [2.05, 4.69) is 0 Å². The number of hydrogen-bond acceptors (Lipinski definition) is 7. The van der Waals surface area contributed by atoms with E-state index in [0.29, 0.717) is 16.3 Å². The number of nitrogens with two attached hydrogens (primary N) is 2. The number of rotatable bonds is 5. The molecule has 0 fully saturated rings. The molecule has 0 atom stereocenters. The molecule has 0 radical (unpaired) electrons. The first-order valence-corrected chi connectivity index (χ1v) is 8.96. The molecular formula is C19H20Cl2N4O3. The molecule has 9 heteroatoms. The Kier molecular flexibility index (Phi) is 6.62. The number of esters is 1. The number of nitrogens with zero attached hydrogens (tertiary/aromatic N) is 2. The van der Waals surface area contributed by atoms with Crippen LogP contribution in [0.4, 0.5) is 11.4 Å². The van der Waals surface area contributed by atoms with Crippen molar-refractivity contribution in [2.24, 2.45) is 5.84 Å². The molecule has 148 valence electrons. The monoisotopic (exact) mass is 422 g/mol. The Morgan fingerprint density at radius 1 is 1.25 bits per heavy atom. The highest BCUT2D eigenvalue weighted by atomic mass is 35.5.